The second-order valence-corrected chi connectivity index (χ2v) is 11.9. The van der Waals surface area contributed by atoms with E-state index in [0.29, 0.717) is 41.3 Å². The van der Waals surface area contributed by atoms with E-state index in [1.807, 2.05) is 6.07 Å². The molecule has 0 aromatic heterocycles. The van der Waals surface area contributed by atoms with Gasteiger partial charge in [-0.3, -0.25) is 9.69 Å². The number of ether oxygens (including phenoxy) is 1. The Morgan fingerprint density at radius 2 is 1.69 bits per heavy atom. The maximum Gasteiger partial charge on any atom is 0.139 e. The van der Waals surface area contributed by atoms with Gasteiger partial charge >= 0.3 is 0 Å². The van der Waals surface area contributed by atoms with Crippen molar-refractivity contribution >= 4 is 16.6 Å². The van der Waals surface area contributed by atoms with Gasteiger partial charge in [-0.2, -0.15) is 5.26 Å². The molecule has 3 unspecified atom stereocenters. The minimum Gasteiger partial charge on any atom is -0.489 e. The molecule has 2 aromatic carbocycles. The maximum absolute atomic E-state index is 12.7. The number of hydrogen-bond acceptors (Lipinski definition) is 4. The van der Waals surface area contributed by atoms with Crippen LogP contribution in [-0.2, 0) is 4.79 Å². The van der Waals surface area contributed by atoms with E-state index < -0.39 is 0 Å². The molecular weight excluding hydrogens is 432 g/mol. The number of carbonyl (C=O) groups is 1. The average molecular weight is 471 g/mol. The standard InChI is InChI=1S/C31H38N2O2/c1-19-3-11-27(12-4-19)35-30-14-8-23-15-22(7-13-28(23)29(30)18-32)20(2)33-25-9-10-26(33)17-24(16-25)31(34)21-5-6-21/h7-8,13-15,19-21,24-27H,3-6,9-12,16-17H2,1-2H3. The van der Waals surface area contributed by atoms with E-state index in [4.69, 9.17) is 4.74 Å². The number of ketones is 1. The van der Waals surface area contributed by atoms with Crippen molar-refractivity contribution in [1.29, 1.82) is 5.26 Å². The molecule has 0 amide bonds. The molecule has 0 spiro atoms. The van der Waals surface area contributed by atoms with E-state index in [-0.39, 0.29) is 6.10 Å². The van der Waals surface area contributed by atoms with E-state index >= 15 is 0 Å². The largest absolute Gasteiger partial charge is 0.489 e. The van der Waals surface area contributed by atoms with Crippen molar-refractivity contribution in [2.75, 3.05) is 0 Å². The van der Waals surface area contributed by atoms with Gasteiger partial charge in [0.05, 0.1) is 6.10 Å². The molecule has 2 saturated carbocycles. The number of carbonyl (C=O) groups excluding carboxylic acids is 1. The van der Waals surface area contributed by atoms with Crippen LogP contribution < -0.4 is 4.74 Å². The molecule has 0 radical (unpaired) electrons. The number of benzene rings is 2. The van der Waals surface area contributed by atoms with Crippen LogP contribution >= 0.6 is 0 Å². The van der Waals surface area contributed by atoms with Gasteiger partial charge in [0.15, 0.2) is 0 Å². The van der Waals surface area contributed by atoms with Crippen LogP contribution in [0.1, 0.15) is 95.2 Å². The number of hydrogen-bond donors (Lipinski definition) is 0. The minimum atomic E-state index is 0.222. The summed E-state index contributed by atoms with van der Waals surface area (Å²) in [4.78, 5) is 15.4. The normalized spacial score (nSPS) is 31.7. The highest BCUT2D eigenvalue weighted by Gasteiger charge is 2.47. The molecule has 3 atom stereocenters. The number of rotatable bonds is 6. The Labute approximate surface area is 209 Å². The summed E-state index contributed by atoms with van der Waals surface area (Å²) in [6.45, 7) is 4.63. The smallest absolute Gasteiger partial charge is 0.139 e. The van der Waals surface area contributed by atoms with Crippen molar-refractivity contribution < 1.29 is 9.53 Å². The Hall–Kier alpha value is -2.38. The third-order valence-corrected chi connectivity index (χ3v) is 9.48. The van der Waals surface area contributed by atoms with E-state index in [0.717, 1.165) is 61.0 Å². The SMILES string of the molecule is CC1CCC(Oc2ccc3cc(C(C)N4C5CCC4CC(C(=O)C4CC4)C5)ccc3c2C#N)CC1. The minimum absolute atomic E-state index is 0.222. The first-order chi connectivity index (χ1) is 17.0. The van der Waals surface area contributed by atoms with Gasteiger partial charge in [-0.1, -0.05) is 25.1 Å². The second kappa shape index (κ2) is 9.25. The van der Waals surface area contributed by atoms with E-state index in [1.54, 1.807) is 0 Å². The van der Waals surface area contributed by atoms with Crippen LogP contribution in [0.15, 0.2) is 30.3 Å². The predicted octanol–water partition coefficient (Wildman–Crippen LogP) is 6.95. The summed E-state index contributed by atoms with van der Waals surface area (Å²) in [6, 6.07) is 14.5. The van der Waals surface area contributed by atoms with Crippen LogP contribution in [0.5, 0.6) is 5.75 Å². The van der Waals surface area contributed by atoms with E-state index in [9.17, 15) is 10.1 Å². The van der Waals surface area contributed by atoms with Gasteiger partial charge in [0.1, 0.15) is 23.2 Å². The number of nitriles is 1. The summed E-state index contributed by atoms with van der Waals surface area (Å²) in [6.07, 6.45) is 11.6. The Morgan fingerprint density at radius 3 is 2.34 bits per heavy atom. The third kappa shape index (κ3) is 4.38. The first kappa shape index (κ1) is 23.0. The van der Waals surface area contributed by atoms with Crippen LogP contribution in [0.25, 0.3) is 10.8 Å². The fourth-order valence-corrected chi connectivity index (χ4v) is 7.28. The second-order valence-electron chi connectivity index (χ2n) is 11.9. The summed E-state index contributed by atoms with van der Waals surface area (Å²) in [5.74, 6) is 2.75. The van der Waals surface area contributed by atoms with Crippen molar-refractivity contribution in [3.63, 3.8) is 0 Å². The Kier molecular flexibility index (Phi) is 6.09. The molecule has 4 nitrogen and oxygen atoms in total. The van der Waals surface area contributed by atoms with E-state index in [1.165, 1.54) is 31.2 Å². The average Bonchev–Trinajstić information content (AvgIpc) is 3.69. The van der Waals surface area contributed by atoms with Crippen molar-refractivity contribution in [3.8, 4) is 11.8 Å². The highest BCUT2D eigenvalue weighted by atomic mass is 16.5. The fraction of sp³-hybridized carbons (Fsp3) is 0.613. The van der Waals surface area contributed by atoms with Crippen LogP contribution in [0, 0.1) is 29.1 Å². The van der Waals surface area contributed by atoms with Crippen molar-refractivity contribution in [2.24, 2.45) is 17.8 Å². The number of nitrogens with zero attached hydrogens (tertiary/aromatic N) is 2. The summed E-state index contributed by atoms with van der Waals surface area (Å²) in [5, 5.41) is 12.1. The van der Waals surface area contributed by atoms with Crippen LogP contribution in [0.4, 0.5) is 0 Å². The Bertz CT molecular complexity index is 1140. The van der Waals surface area contributed by atoms with Gasteiger partial charge in [0.2, 0.25) is 0 Å². The molecule has 4 aliphatic rings. The van der Waals surface area contributed by atoms with Crippen molar-refractivity contribution in [1.82, 2.24) is 4.90 Å². The first-order valence-corrected chi connectivity index (χ1v) is 14.0. The number of fused-ring (bicyclic) bond motifs is 3. The zero-order chi connectivity index (χ0) is 24.1. The molecule has 0 N–H and O–H groups in total. The molecule has 2 aliphatic carbocycles. The Morgan fingerprint density at radius 1 is 0.971 bits per heavy atom. The van der Waals surface area contributed by atoms with Crippen LogP contribution in [0.3, 0.4) is 0 Å². The molecule has 2 heterocycles. The number of piperidine rings is 1. The van der Waals surface area contributed by atoms with Crippen LogP contribution in [0.2, 0.25) is 0 Å². The number of Topliss-reactive ketones (excluding diaryl/α,β-unsaturated/α-hetero) is 1. The first-order valence-electron chi connectivity index (χ1n) is 14.0. The highest BCUT2D eigenvalue weighted by Crippen LogP contribution is 2.46. The molecule has 2 aliphatic heterocycles. The summed E-state index contributed by atoms with van der Waals surface area (Å²) >= 11 is 0. The maximum atomic E-state index is 12.7. The molecule has 184 valence electrons. The van der Waals surface area contributed by atoms with Crippen molar-refractivity contribution in [3.05, 3.63) is 41.5 Å². The molecule has 4 heteroatoms. The summed E-state index contributed by atoms with van der Waals surface area (Å²) < 4.78 is 6.34. The van der Waals surface area contributed by atoms with Gasteiger partial charge in [0, 0.05) is 35.3 Å². The predicted molar refractivity (Wildman–Crippen MR) is 138 cm³/mol. The molecule has 2 saturated heterocycles. The van der Waals surface area contributed by atoms with Gasteiger partial charge in [-0.05, 0) is 100 Å². The molecule has 4 fully saturated rings. The third-order valence-electron chi connectivity index (χ3n) is 9.48. The lowest BCUT2D eigenvalue weighted by atomic mass is 9.84. The zero-order valence-corrected chi connectivity index (χ0v) is 21.2. The fourth-order valence-electron chi connectivity index (χ4n) is 7.28. The quantitative estimate of drug-likeness (QED) is 0.458. The molecule has 2 aromatic rings. The molecular formula is C31H38N2O2. The lowest BCUT2D eigenvalue weighted by Gasteiger charge is -2.42. The van der Waals surface area contributed by atoms with Gasteiger partial charge in [0.25, 0.3) is 0 Å². The lowest BCUT2D eigenvalue weighted by molar-refractivity contribution is -0.126. The Balaban J connectivity index is 1.21. The molecule has 35 heavy (non-hydrogen) atoms. The highest BCUT2D eigenvalue weighted by molar-refractivity contribution is 5.90. The van der Waals surface area contributed by atoms with Gasteiger partial charge in [-0.15, -0.1) is 0 Å². The van der Waals surface area contributed by atoms with Gasteiger partial charge in [-0.25, -0.2) is 0 Å². The molecule has 6 rings (SSSR count). The topological polar surface area (TPSA) is 53.3 Å². The zero-order valence-electron chi connectivity index (χ0n) is 21.2. The molecule has 2 bridgehead atoms. The van der Waals surface area contributed by atoms with Gasteiger partial charge < -0.3 is 4.74 Å². The lowest BCUT2D eigenvalue weighted by Crippen LogP contribution is -2.46. The van der Waals surface area contributed by atoms with Crippen LogP contribution in [-0.4, -0.2) is 28.9 Å². The monoisotopic (exact) mass is 470 g/mol. The van der Waals surface area contributed by atoms with Crippen molar-refractivity contribution in [2.45, 2.75) is 102 Å². The summed E-state index contributed by atoms with van der Waals surface area (Å²) in [7, 11) is 0. The summed E-state index contributed by atoms with van der Waals surface area (Å²) in [5.41, 5.74) is 1.97. The van der Waals surface area contributed by atoms with E-state index in [2.05, 4.69) is 49.1 Å².